The molecule has 3 rings (SSSR count). The fourth-order valence-electron chi connectivity index (χ4n) is 2.09. The van der Waals surface area contributed by atoms with E-state index in [2.05, 4.69) is 22.4 Å². The van der Waals surface area contributed by atoms with Crippen LogP contribution >= 0.6 is 23.1 Å². The van der Waals surface area contributed by atoms with Crippen LogP contribution in [0, 0.1) is 5.82 Å². The average Bonchev–Trinajstić information content (AvgIpc) is 3.02. The third-order valence-electron chi connectivity index (χ3n) is 3.34. The Morgan fingerprint density at radius 2 is 1.96 bits per heavy atom. The maximum absolute atomic E-state index is 13.0. The number of rotatable bonds is 6. The van der Waals surface area contributed by atoms with E-state index in [1.807, 2.05) is 24.3 Å². The van der Waals surface area contributed by atoms with E-state index in [9.17, 15) is 4.39 Å². The van der Waals surface area contributed by atoms with Crippen LogP contribution in [-0.4, -0.2) is 17.3 Å². The van der Waals surface area contributed by atoms with Crippen LogP contribution in [0.1, 0.15) is 17.7 Å². The van der Waals surface area contributed by atoms with Crippen molar-refractivity contribution in [2.24, 2.45) is 0 Å². The Hall–Kier alpha value is -2.12. The third-order valence-corrected chi connectivity index (χ3v) is 5.43. The molecule has 0 bridgehead atoms. The number of anilines is 2. The van der Waals surface area contributed by atoms with Crippen LogP contribution in [0.3, 0.4) is 0 Å². The molecular weight excluding hydrogens is 345 g/mol. The number of aromatic nitrogens is 2. The van der Waals surface area contributed by atoms with Crippen LogP contribution in [0.15, 0.2) is 52.9 Å². The van der Waals surface area contributed by atoms with Crippen molar-refractivity contribution in [2.45, 2.75) is 16.5 Å². The van der Waals surface area contributed by atoms with Crippen LogP contribution in [0.25, 0.3) is 0 Å². The minimum Gasteiger partial charge on any atom is -0.497 e. The Kier molecular flexibility index (Phi) is 5.32. The van der Waals surface area contributed by atoms with E-state index in [0.717, 1.165) is 26.5 Å². The molecule has 0 spiro atoms. The lowest BCUT2D eigenvalue weighted by atomic mass is 10.2. The van der Waals surface area contributed by atoms with Gasteiger partial charge in [-0.05, 0) is 36.8 Å². The van der Waals surface area contributed by atoms with Gasteiger partial charge in [-0.15, -0.1) is 10.2 Å². The predicted octanol–water partition coefficient (Wildman–Crippen LogP) is 5.28. The topological polar surface area (TPSA) is 47.0 Å². The first-order valence-electron chi connectivity index (χ1n) is 7.31. The number of thioether (sulfide) groups is 1. The Morgan fingerprint density at radius 3 is 2.71 bits per heavy atom. The summed E-state index contributed by atoms with van der Waals surface area (Å²) in [4.78, 5) is 0. The number of benzene rings is 2. The minimum absolute atomic E-state index is 0.170. The van der Waals surface area contributed by atoms with Gasteiger partial charge >= 0.3 is 0 Å². The molecule has 7 heteroatoms. The Labute approximate surface area is 148 Å². The van der Waals surface area contributed by atoms with Crippen molar-refractivity contribution in [3.05, 3.63) is 59.9 Å². The largest absolute Gasteiger partial charge is 0.497 e. The van der Waals surface area contributed by atoms with Gasteiger partial charge in [0.15, 0.2) is 4.34 Å². The Balaban J connectivity index is 1.65. The highest BCUT2D eigenvalue weighted by Crippen LogP contribution is 2.38. The first kappa shape index (κ1) is 16.7. The number of nitrogens with zero attached hydrogens (tertiary/aromatic N) is 2. The highest BCUT2D eigenvalue weighted by molar-refractivity contribution is 8.01. The number of halogens is 1. The fraction of sp³-hybridized carbons (Fsp3) is 0.176. The molecule has 0 unspecified atom stereocenters. The lowest BCUT2D eigenvalue weighted by molar-refractivity contribution is 0.415. The molecule has 0 fully saturated rings. The van der Waals surface area contributed by atoms with E-state index < -0.39 is 0 Å². The zero-order valence-corrected chi connectivity index (χ0v) is 14.8. The Bertz CT molecular complexity index is 808. The van der Waals surface area contributed by atoms with Crippen LogP contribution in [0.4, 0.5) is 15.2 Å². The quantitative estimate of drug-likeness (QED) is 0.605. The maximum atomic E-state index is 13.0. The number of hydrogen-bond donors (Lipinski definition) is 1. The molecule has 0 aliphatic heterocycles. The summed E-state index contributed by atoms with van der Waals surface area (Å²) in [6.45, 7) is 2.06. The standard InChI is InChI=1S/C17H16FN3OS2/c1-11(12-6-8-13(18)9-7-12)23-17-21-20-16(24-17)19-14-4-3-5-15(10-14)22-2/h3-11H,1-2H3,(H,19,20)/t11-/m1/s1. The molecular formula is C17H16FN3OS2. The normalized spacial score (nSPS) is 12.0. The van der Waals surface area contributed by atoms with Gasteiger partial charge in [0.1, 0.15) is 11.6 Å². The molecule has 0 aliphatic rings. The monoisotopic (exact) mass is 361 g/mol. The van der Waals surface area contributed by atoms with Gasteiger partial charge in [-0.25, -0.2) is 4.39 Å². The SMILES string of the molecule is COc1cccc(Nc2nnc(S[C@H](C)c3ccc(F)cc3)s2)c1. The van der Waals surface area contributed by atoms with E-state index >= 15 is 0 Å². The molecule has 0 aliphatic carbocycles. The summed E-state index contributed by atoms with van der Waals surface area (Å²) in [6, 6.07) is 14.2. The predicted molar refractivity (Wildman–Crippen MR) is 96.9 cm³/mol. The zero-order valence-electron chi connectivity index (χ0n) is 13.2. The van der Waals surface area contributed by atoms with Gasteiger partial charge in [-0.3, -0.25) is 0 Å². The highest BCUT2D eigenvalue weighted by atomic mass is 32.2. The fourth-order valence-corrected chi connectivity index (χ4v) is 4.13. The molecule has 1 atom stereocenters. The molecule has 3 aromatic rings. The average molecular weight is 361 g/mol. The van der Waals surface area contributed by atoms with Gasteiger partial charge < -0.3 is 10.1 Å². The van der Waals surface area contributed by atoms with E-state index in [0.29, 0.717) is 0 Å². The number of ether oxygens (including phenoxy) is 1. The zero-order chi connectivity index (χ0) is 16.9. The van der Waals surface area contributed by atoms with Crippen LogP contribution in [-0.2, 0) is 0 Å². The summed E-state index contributed by atoms with van der Waals surface area (Å²) >= 11 is 3.08. The van der Waals surface area contributed by atoms with Crippen molar-refractivity contribution >= 4 is 33.9 Å². The van der Waals surface area contributed by atoms with Crippen LogP contribution in [0.5, 0.6) is 5.75 Å². The van der Waals surface area contributed by atoms with Crippen LogP contribution < -0.4 is 10.1 Å². The van der Waals surface area contributed by atoms with Gasteiger partial charge in [0.2, 0.25) is 5.13 Å². The second kappa shape index (κ2) is 7.63. The molecule has 1 heterocycles. The molecule has 124 valence electrons. The van der Waals surface area contributed by atoms with Gasteiger partial charge in [-0.1, -0.05) is 41.3 Å². The summed E-state index contributed by atoms with van der Waals surface area (Å²) in [6.07, 6.45) is 0. The van der Waals surface area contributed by atoms with Crippen molar-refractivity contribution in [1.82, 2.24) is 10.2 Å². The summed E-state index contributed by atoms with van der Waals surface area (Å²) in [5.74, 6) is 0.556. The second-order valence-corrected chi connectivity index (χ2v) is 7.61. The van der Waals surface area contributed by atoms with Crippen molar-refractivity contribution in [3.8, 4) is 5.75 Å². The van der Waals surface area contributed by atoms with Crippen LogP contribution in [0.2, 0.25) is 0 Å². The molecule has 1 N–H and O–H groups in total. The van der Waals surface area contributed by atoms with Gasteiger partial charge in [0.25, 0.3) is 0 Å². The third kappa shape index (κ3) is 4.24. The molecule has 0 amide bonds. The van der Waals surface area contributed by atoms with Gasteiger partial charge in [0, 0.05) is 17.0 Å². The van der Waals surface area contributed by atoms with Gasteiger partial charge in [0.05, 0.1) is 7.11 Å². The van der Waals surface area contributed by atoms with Gasteiger partial charge in [-0.2, -0.15) is 0 Å². The molecule has 24 heavy (non-hydrogen) atoms. The first-order chi connectivity index (χ1) is 11.6. The van der Waals surface area contributed by atoms with Crippen molar-refractivity contribution in [3.63, 3.8) is 0 Å². The highest BCUT2D eigenvalue weighted by Gasteiger charge is 2.12. The smallest absolute Gasteiger partial charge is 0.210 e. The molecule has 2 aromatic carbocycles. The van der Waals surface area contributed by atoms with Crippen molar-refractivity contribution < 1.29 is 9.13 Å². The van der Waals surface area contributed by atoms with Crippen molar-refractivity contribution in [1.29, 1.82) is 0 Å². The molecule has 0 radical (unpaired) electrons. The molecule has 0 saturated carbocycles. The summed E-state index contributed by atoms with van der Waals surface area (Å²) in [5, 5.41) is 12.5. The van der Waals surface area contributed by atoms with E-state index in [-0.39, 0.29) is 11.1 Å². The second-order valence-electron chi connectivity index (χ2n) is 5.04. The van der Waals surface area contributed by atoms with E-state index in [4.69, 9.17) is 4.74 Å². The van der Waals surface area contributed by atoms with E-state index in [1.54, 1.807) is 31.0 Å². The lowest BCUT2D eigenvalue weighted by Gasteiger charge is -2.08. The summed E-state index contributed by atoms with van der Waals surface area (Å²) in [7, 11) is 1.63. The minimum atomic E-state index is -0.225. The number of nitrogens with one attached hydrogen (secondary N) is 1. The number of hydrogen-bond acceptors (Lipinski definition) is 6. The Morgan fingerprint density at radius 1 is 1.17 bits per heavy atom. The van der Waals surface area contributed by atoms with E-state index in [1.165, 1.54) is 23.5 Å². The molecule has 1 aromatic heterocycles. The van der Waals surface area contributed by atoms with Crippen molar-refractivity contribution in [2.75, 3.05) is 12.4 Å². The first-order valence-corrected chi connectivity index (χ1v) is 9.00. The molecule has 4 nitrogen and oxygen atoms in total. The summed E-state index contributed by atoms with van der Waals surface area (Å²) in [5.41, 5.74) is 1.95. The number of methoxy groups -OCH3 is 1. The molecule has 0 saturated heterocycles. The maximum Gasteiger partial charge on any atom is 0.210 e. The summed E-state index contributed by atoms with van der Waals surface area (Å²) < 4.78 is 19.1. The lowest BCUT2D eigenvalue weighted by Crippen LogP contribution is -1.90.